The van der Waals surface area contributed by atoms with Gasteiger partial charge in [-0.25, -0.2) is 0 Å². The Morgan fingerprint density at radius 3 is 2.94 bits per heavy atom. The SMILES string of the molecule is CC(C)[C@H](N)C(=O)Nc1ccc2c(c1)CCCO2. The van der Waals surface area contributed by atoms with Crippen LogP contribution >= 0.6 is 0 Å². The molecule has 0 saturated heterocycles. The van der Waals surface area contributed by atoms with Gasteiger partial charge in [0.15, 0.2) is 0 Å². The predicted molar refractivity (Wildman–Crippen MR) is 71.7 cm³/mol. The summed E-state index contributed by atoms with van der Waals surface area (Å²) in [6, 6.07) is 5.26. The van der Waals surface area contributed by atoms with Crippen LogP contribution in [0.5, 0.6) is 5.75 Å². The van der Waals surface area contributed by atoms with E-state index in [2.05, 4.69) is 5.32 Å². The third-order valence-electron chi connectivity index (χ3n) is 3.20. The lowest BCUT2D eigenvalue weighted by Gasteiger charge is -2.19. The largest absolute Gasteiger partial charge is 0.493 e. The molecule has 1 amide bonds. The topological polar surface area (TPSA) is 64.4 Å². The van der Waals surface area contributed by atoms with Gasteiger partial charge in [0.25, 0.3) is 0 Å². The Morgan fingerprint density at radius 1 is 1.44 bits per heavy atom. The van der Waals surface area contributed by atoms with Crippen molar-refractivity contribution >= 4 is 11.6 Å². The molecule has 0 radical (unpaired) electrons. The number of benzene rings is 1. The monoisotopic (exact) mass is 248 g/mol. The minimum atomic E-state index is -0.475. The zero-order chi connectivity index (χ0) is 13.1. The average molecular weight is 248 g/mol. The highest BCUT2D eigenvalue weighted by Gasteiger charge is 2.18. The van der Waals surface area contributed by atoms with Gasteiger partial charge in [0.2, 0.25) is 5.91 Å². The number of carbonyl (C=O) groups is 1. The van der Waals surface area contributed by atoms with E-state index in [1.165, 1.54) is 0 Å². The summed E-state index contributed by atoms with van der Waals surface area (Å²) in [5.41, 5.74) is 7.75. The Bertz CT molecular complexity index is 443. The summed E-state index contributed by atoms with van der Waals surface area (Å²) in [5, 5.41) is 2.85. The van der Waals surface area contributed by atoms with E-state index in [0.717, 1.165) is 36.4 Å². The zero-order valence-corrected chi connectivity index (χ0v) is 10.9. The molecule has 1 aromatic carbocycles. The number of amides is 1. The Morgan fingerprint density at radius 2 is 2.22 bits per heavy atom. The lowest BCUT2D eigenvalue weighted by Crippen LogP contribution is -2.39. The van der Waals surface area contributed by atoms with Gasteiger partial charge in [-0.05, 0) is 42.5 Å². The molecule has 0 aromatic heterocycles. The van der Waals surface area contributed by atoms with Crippen molar-refractivity contribution in [1.82, 2.24) is 0 Å². The van der Waals surface area contributed by atoms with Crippen molar-refractivity contribution in [3.8, 4) is 5.75 Å². The number of rotatable bonds is 3. The molecule has 0 fully saturated rings. The second-order valence-electron chi connectivity index (χ2n) is 5.03. The predicted octanol–water partition coefficient (Wildman–Crippen LogP) is 1.93. The third kappa shape index (κ3) is 2.82. The minimum Gasteiger partial charge on any atom is -0.493 e. The van der Waals surface area contributed by atoms with Crippen LogP contribution in [-0.4, -0.2) is 18.6 Å². The number of nitrogens with two attached hydrogens (primary N) is 1. The first-order valence-electron chi connectivity index (χ1n) is 6.40. The fourth-order valence-corrected chi connectivity index (χ4v) is 1.97. The zero-order valence-electron chi connectivity index (χ0n) is 10.9. The molecule has 2 rings (SSSR count). The number of anilines is 1. The smallest absolute Gasteiger partial charge is 0.241 e. The molecular weight excluding hydrogens is 228 g/mol. The molecule has 4 heteroatoms. The van der Waals surface area contributed by atoms with Crippen LogP contribution in [0.4, 0.5) is 5.69 Å². The highest BCUT2D eigenvalue weighted by Crippen LogP contribution is 2.27. The Hall–Kier alpha value is -1.55. The number of hydrogen-bond acceptors (Lipinski definition) is 3. The van der Waals surface area contributed by atoms with Crippen LogP contribution in [0.25, 0.3) is 0 Å². The van der Waals surface area contributed by atoms with Crippen LogP contribution in [0.2, 0.25) is 0 Å². The van der Waals surface area contributed by atoms with E-state index in [9.17, 15) is 4.79 Å². The highest BCUT2D eigenvalue weighted by atomic mass is 16.5. The molecule has 1 aromatic rings. The molecule has 0 spiro atoms. The molecule has 3 N–H and O–H groups in total. The van der Waals surface area contributed by atoms with Crippen molar-refractivity contribution in [1.29, 1.82) is 0 Å². The lowest BCUT2D eigenvalue weighted by molar-refractivity contribution is -0.118. The van der Waals surface area contributed by atoms with Gasteiger partial charge < -0.3 is 15.8 Å². The molecule has 0 unspecified atom stereocenters. The molecule has 0 bridgehead atoms. The van der Waals surface area contributed by atoms with Crippen molar-refractivity contribution < 1.29 is 9.53 Å². The number of ether oxygens (including phenoxy) is 1. The summed E-state index contributed by atoms with van der Waals surface area (Å²) in [7, 11) is 0. The molecule has 0 saturated carbocycles. The molecule has 18 heavy (non-hydrogen) atoms. The van der Waals surface area contributed by atoms with Gasteiger partial charge in [-0.3, -0.25) is 4.79 Å². The summed E-state index contributed by atoms with van der Waals surface area (Å²) < 4.78 is 5.53. The number of nitrogens with one attached hydrogen (secondary N) is 1. The maximum Gasteiger partial charge on any atom is 0.241 e. The molecule has 0 aliphatic carbocycles. The van der Waals surface area contributed by atoms with E-state index in [0.29, 0.717) is 0 Å². The van der Waals surface area contributed by atoms with Gasteiger partial charge in [-0.15, -0.1) is 0 Å². The van der Waals surface area contributed by atoms with Crippen LogP contribution < -0.4 is 15.8 Å². The van der Waals surface area contributed by atoms with Crippen molar-refractivity contribution in [3.05, 3.63) is 23.8 Å². The normalized spacial score (nSPS) is 15.8. The Labute approximate surface area is 108 Å². The van der Waals surface area contributed by atoms with Gasteiger partial charge in [0.1, 0.15) is 5.75 Å². The first-order valence-corrected chi connectivity index (χ1v) is 6.40. The first kappa shape index (κ1) is 12.9. The van der Waals surface area contributed by atoms with E-state index in [1.807, 2.05) is 32.0 Å². The van der Waals surface area contributed by atoms with Crippen LogP contribution in [0.1, 0.15) is 25.8 Å². The maximum absolute atomic E-state index is 11.9. The second-order valence-corrected chi connectivity index (χ2v) is 5.03. The van der Waals surface area contributed by atoms with Gasteiger partial charge >= 0.3 is 0 Å². The van der Waals surface area contributed by atoms with E-state index in [1.54, 1.807) is 0 Å². The second kappa shape index (κ2) is 5.40. The summed E-state index contributed by atoms with van der Waals surface area (Å²) in [4.78, 5) is 11.9. The summed E-state index contributed by atoms with van der Waals surface area (Å²) >= 11 is 0. The molecule has 1 aliphatic rings. The summed E-state index contributed by atoms with van der Waals surface area (Å²) in [6.45, 7) is 4.65. The Balaban J connectivity index is 2.08. The molecule has 1 aliphatic heterocycles. The van der Waals surface area contributed by atoms with Crippen molar-refractivity contribution in [2.75, 3.05) is 11.9 Å². The Kier molecular flexibility index (Phi) is 3.87. The number of hydrogen-bond donors (Lipinski definition) is 2. The first-order chi connectivity index (χ1) is 8.58. The van der Waals surface area contributed by atoms with Gasteiger partial charge in [0, 0.05) is 5.69 Å². The van der Waals surface area contributed by atoms with Gasteiger partial charge in [-0.2, -0.15) is 0 Å². The fourth-order valence-electron chi connectivity index (χ4n) is 1.97. The highest BCUT2D eigenvalue weighted by molar-refractivity contribution is 5.95. The van der Waals surface area contributed by atoms with Crippen LogP contribution in [-0.2, 0) is 11.2 Å². The van der Waals surface area contributed by atoms with Crippen LogP contribution in [0, 0.1) is 5.92 Å². The van der Waals surface area contributed by atoms with E-state index < -0.39 is 6.04 Å². The molecule has 1 atom stereocenters. The third-order valence-corrected chi connectivity index (χ3v) is 3.20. The standard InChI is InChI=1S/C14H20N2O2/c1-9(2)13(15)14(17)16-11-5-6-12-10(8-11)4-3-7-18-12/h5-6,8-9,13H,3-4,7,15H2,1-2H3,(H,16,17)/t13-/m0/s1. The number of fused-ring (bicyclic) bond motifs is 1. The number of aryl methyl sites for hydroxylation is 1. The van der Waals surface area contributed by atoms with Gasteiger partial charge in [0.05, 0.1) is 12.6 Å². The number of carbonyl (C=O) groups excluding carboxylic acids is 1. The van der Waals surface area contributed by atoms with E-state index >= 15 is 0 Å². The van der Waals surface area contributed by atoms with Crippen LogP contribution in [0.3, 0.4) is 0 Å². The summed E-state index contributed by atoms with van der Waals surface area (Å²) in [5.74, 6) is 0.917. The van der Waals surface area contributed by atoms with E-state index in [4.69, 9.17) is 10.5 Å². The summed E-state index contributed by atoms with van der Waals surface area (Å²) in [6.07, 6.45) is 2.02. The maximum atomic E-state index is 11.9. The van der Waals surface area contributed by atoms with E-state index in [-0.39, 0.29) is 11.8 Å². The molecular formula is C14H20N2O2. The molecule has 4 nitrogen and oxygen atoms in total. The minimum absolute atomic E-state index is 0.131. The lowest BCUT2D eigenvalue weighted by atomic mass is 10.0. The van der Waals surface area contributed by atoms with Crippen molar-refractivity contribution in [2.24, 2.45) is 11.7 Å². The van der Waals surface area contributed by atoms with Crippen molar-refractivity contribution in [3.63, 3.8) is 0 Å². The quantitative estimate of drug-likeness (QED) is 0.859. The average Bonchev–Trinajstić information content (AvgIpc) is 2.37. The van der Waals surface area contributed by atoms with Gasteiger partial charge in [-0.1, -0.05) is 13.8 Å². The van der Waals surface area contributed by atoms with Crippen molar-refractivity contribution in [2.45, 2.75) is 32.7 Å². The van der Waals surface area contributed by atoms with Crippen LogP contribution in [0.15, 0.2) is 18.2 Å². The molecule has 98 valence electrons. The molecule has 1 heterocycles. The fraction of sp³-hybridized carbons (Fsp3) is 0.500.